The number of benzene rings is 2. The fourth-order valence-electron chi connectivity index (χ4n) is 2.05. The van der Waals surface area contributed by atoms with Gasteiger partial charge in [-0.15, -0.1) is 0 Å². The number of fused-ring (bicyclic) bond motifs is 3. The molecule has 1 aromatic heterocycles. The minimum absolute atomic E-state index is 0.335. The van der Waals surface area contributed by atoms with E-state index >= 15 is 0 Å². The van der Waals surface area contributed by atoms with Crippen LogP contribution in [0.3, 0.4) is 0 Å². The molecule has 1 N–H and O–H groups in total. The molecule has 0 amide bonds. The van der Waals surface area contributed by atoms with Gasteiger partial charge in [-0.3, -0.25) is 0 Å². The molecule has 0 bridgehead atoms. The Morgan fingerprint density at radius 1 is 1.28 bits per heavy atom. The van der Waals surface area contributed by atoms with Gasteiger partial charge in [0.2, 0.25) is 0 Å². The van der Waals surface area contributed by atoms with E-state index in [4.69, 9.17) is 4.74 Å². The zero-order chi connectivity index (χ0) is 12.5. The van der Waals surface area contributed by atoms with E-state index < -0.39 is 0 Å². The highest BCUT2D eigenvalue weighted by Gasteiger charge is 2.15. The minimum Gasteiger partial charge on any atom is -0.462 e. The Morgan fingerprint density at radius 2 is 2.06 bits per heavy atom. The van der Waals surface area contributed by atoms with E-state index in [1.165, 1.54) is 0 Å². The third kappa shape index (κ3) is 1.52. The molecule has 18 heavy (non-hydrogen) atoms. The number of ether oxygens (including phenoxy) is 1. The molecule has 0 aliphatic carbocycles. The number of carbonyl (C=O) groups is 1. The quantitative estimate of drug-likeness (QED) is 0.699. The molecular formula is C13H11N3O2. The van der Waals surface area contributed by atoms with Crippen molar-refractivity contribution in [2.75, 3.05) is 6.61 Å². The molecule has 0 fully saturated rings. The smallest absolute Gasteiger partial charge is 0.338 e. The maximum Gasteiger partial charge on any atom is 0.338 e. The van der Waals surface area contributed by atoms with Crippen molar-refractivity contribution >= 4 is 27.8 Å². The van der Waals surface area contributed by atoms with Crippen LogP contribution in [0.2, 0.25) is 0 Å². The lowest BCUT2D eigenvalue weighted by Crippen LogP contribution is -2.05. The van der Waals surface area contributed by atoms with Crippen LogP contribution < -0.4 is 0 Å². The predicted octanol–water partition coefficient (Wildman–Crippen LogP) is 2.29. The Bertz CT molecular complexity index is 733. The predicted molar refractivity (Wildman–Crippen MR) is 67.4 cm³/mol. The van der Waals surface area contributed by atoms with Crippen LogP contribution in [0, 0.1) is 0 Å². The number of rotatable bonds is 2. The van der Waals surface area contributed by atoms with Crippen molar-refractivity contribution in [3.63, 3.8) is 0 Å². The summed E-state index contributed by atoms with van der Waals surface area (Å²) in [4.78, 5) is 11.9. The lowest BCUT2D eigenvalue weighted by molar-refractivity contribution is 0.0529. The molecule has 0 saturated carbocycles. The van der Waals surface area contributed by atoms with Crippen LogP contribution in [-0.4, -0.2) is 28.0 Å². The van der Waals surface area contributed by atoms with Gasteiger partial charge in [0.15, 0.2) is 0 Å². The molecule has 1 heterocycles. The second kappa shape index (κ2) is 4.10. The lowest BCUT2D eigenvalue weighted by atomic mass is 10.0. The van der Waals surface area contributed by atoms with Gasteiger partial charge in [0.25, 0.3) is 0 Å². The first-order valence-electron chi connectivity index (χ1n) is 5.70. The monoisotopic (exact) mass is 241 g/mol. The van der Waals surface area contributed by atoms with Gasteiger partial charge in [-0.1, -0.05) is 24.3 Å². The number of carbonyl (C=O) groups excluding carboxylic acids is 1. The first-order chi connectivity index (χ1) is 8.81. The normalized spacial score (nSPS) is 10.9. The second-order valence-corrected chi connectivity index (χ2v) is 3.88. The average Bonchev–Trinajstić information content (AvgIpc) is 2.86. The number of nitrogens with zero attached hydrogens (tertiary/aromatic N) is 2. The molecule has 5 heteroatoms. The lowest BCUT2D eigenvalue weighted by Gasteiger charge is -2.06. The maximum atomic E-state index is 11.9. The van der Waals surface area contributed by atoms with Crippen LogP contribution in [0.25, 0.3) is 21.8 Å². The Hall–Kier alpha value is -2.43. The van der Waals surface area contributed by atoms with Crippen LogP contribution in [0.1, 0.15) is 17.3 Å². The van der Waals surface area contributed by atoms with Crippen molar-refractivity contribution in [2.24, 2.45) is 0 Å². The van der Waals surface area contributed by atoms with Crippen molar-refractivity contribution in [3.05, 3.63) is 35.9 Å². The summed E-state index contributed by atoms with van der Waals surface area (Å²) in [6, 6.07) is 9.31. The van der Waals surface area contributed by atoms with Gasteiger partial charge in [-0.25, -0.2) is 4.79 Å². The maximum absolute atomic E-state index is 11.9. The largest absolute Gasteiger partial charge is 0.462 e. The highest BCUT2D eigenvalue weighted by molar-refractivity contribution is 6.13. The van der Waals surface area contributed by atoms with Crippen LogP contribution in [0.4, 0.5) is 0 Å². The Morgan fingerprint density at radius 3 is 2.83 bits per heavy atom. The van der Waals surface area contributed by atoms with Gasteiger partial charge in [0.1, 0.15) is 11.0 Å². The molecule has 0 atom stereocenters. The molecule has 0 saturated heterocycles. The van der Waals surface area contributed by atoms with Gasteiger partial charge in [0.05, 0.1) is 12.2 Å². The van der Waals surface area contributed by atoms with Crippen molar-refractivity contribution in [1.82, 2.24) is 15.4 Å². The fourth-order valence-corrected chi connectivity index (χ4v) is 2.05. The summed E-state index contributed by atoms with van der Waals surface area (Å²) in [5.74, 6) is -0.335. The van der Waals surface area contributed by atoms with Crippen LogP contribution in [0.15, 0.2) is 30.3 Å². The topological polar surface area (TPSA) is 67.9 Å². The number of hydrogen-bond acceptors (Lipinski definition) is 4. The molecule has 0 unspecified atom stereocenters. The molecule has 3 rings (SSSR count). The first-order valence-corrected chi connectivity index (χ1v) is 5.70. The molecule has 5 nitrogen and oxygen atoms in total. The summed E-state index contributed by atoms with van der Waals surface area (Å²) in [5, 5.41) is 12.4. The molecule has 90 valence electrons. The van der Waals surface area contributed by atoms with Crippen LogP contribution in [-0.2, 0) is 4.74 Å². The van der Waals surface area contributed by atoms with E-state index in [2.05, 4.69) is 15.4 Å². The second-order valence-electron chi connectivity index (χ2n) is 3.88. The van der Waals surface area contributed by atoms with E-state index in [0.717, 1.165) is 16.3 Å². The highest BCUT2D eigenvalue weighted by atomic mass is 16.5. The van der Waals surface area contributed by atoms with Crippen molar-refractivity contribution in [3.8, 4) is 0 Å². The number of aromatic amines is 1. The van der Waals surface area contributed by atoms with Crippen molar-refractivity contribution in [2.45, 2.75) is 6.92 Å². The number of nitrogens with one attached hydrogen (secondary N) is 1. The van der Waals surface area contributed by atoms with Crippen molar-refractivity contribution in [1.29, 1.82) is 0 Å². The Labute approximate surface area is 103 Å². The van der Waals surface area contributed by atoms with Gasteiger partial charge >= 0.3 is 5.97 Å². The number of esters is 1. The van der Waals surface area contributed by atoms with E-state index in [1.54, 1.807) is 13.0 Å². The molecule has 0 aliphatic rings. The SMILES string of the molecule is CCOC(=O)c1cc2n[nH]nc2c2ccccc12. The molecule has 0 radical (unpaired) electrons. The van der Waals surface area contributed by atoms with Crippen LogP contribution >= 0.6 is 0 Å². The van der Waals surface area contributed by atoms with E-state index in [9.17, 15) is 4.79 Å². The zero-order valence-corrected chi connectivity index (χ0v) is 9.80. The molecule has 0 spiro atoms. The highest BCUT2D eigenvalue weighted by Crippen LogP contribution is 2.26. The standard InChI is InChI=1S/C13H11N3O2/c1-2-18-13(17)10-7-11-12(15-16-14-11)9-6-4-3-5-8(9)10/h3-7H,2H2,1H3,(H,14,15,16). The van der Waals surface area contributed by atoms with Crippen molar-refractivity contribution < 1.29 is 9.53 Å². The van der Waals surface area contributed by atoms with E-state index in [-0.39, 0.29) is 5.97 Å². The minimum atomic E-state index is -0.335. The summed E-state index contributed by atoms with van der Waals surface area (Å²) < 4.78 is 5.06. The van der Waals surface area contributed by atoms with E-state index in [0.29, 0.717) is 17.7 Å². The molecule has 3 aromatic rings. The van der Waals surface area contributed by atoms with Gasteiger partial charge in [0, 0.05) is 5.39 Å². The number of aromatic nitrogens is 3. The van der Waals surface area contributed by atoms with Gasteiger partial charge < -0.3 is 4.74 Å². The summed E-state index contributed by atoms with van der Waals surface area (Å²) in [6.07, 6.45) is 0. The Balaban J connectivity index is 2.37. The van der Waals surface area contributed by atoms with Crippen LogP contribution in [0.5, 0.6) is 0 Å². The van der Waals surface area contributed by atoms with Gasteiger partial charge in [-0.05, 0) is 18.4 Å². The summed E-state index contributed by atoms with van der Waals surface area (Å²) in [7, 11) is 0. The molecule has 0 aliphatic heterocycles. The third-order valence-corrected chi connectivity index (χ3v) is 2.82. The average molecular weight is 241 g/mol. The fraction of sp³-hybridized carbons (Fsp3) is 0.154. The molecular weight excluding hydrogens is 230 g/mol. The number of H-pyrrole nitrogens is 1. The van der Waals surface area contributed by atoms with E-state index in [1.807, 2.05) is 24.3 Å². The first kappa shape index (κ1) is 10.7. The zero-order valence-electron chi connectivity index (χ0n) is 9.80. The molecule has 2 aromatic carbocycles. The summed E-state index contributed by atoms with van der Waals surface area (Å²) >= 11 is 0. The van der Waals surface area contributed by atoms with Gasteiger partial charge in [-0.2, -0.15) is 15.4 Å². The number of hydrogen-bond donors (Lipinski definition) is 1. The summed E-state index contributed by atoms with van der Waals surface area (Å²) in [6.45, 7) is 2.14. The Kier molecular flexibility index (Phi) is 2.44. The summed E-state index contributed by atoms with van der Waals surface area (Å²) in [5.41, 5.74) is 1.95. The third-order valence-electron chi connectivity index (χ3n) is 2.82.